The molecule has 0 radical (unpaired) electrons. The predicted octanol–water partition coefficient (Wildman–Crippen LogP) is 2.87. The van der Waals surface area contributed by atoms with Crippen LogP contribution in [-0.2, 0) is 13.1 Å². The smallest absolute Gasteiger partial charge is 0.191 e. The Labute approximate surface area is 135 Å². The van der Waals surface area contributed by atoms with E-state index in [0.717, 1.165) is 0 Å². The van der Waals surface area contributed by atoms with Crippen LogP contribution in [0.5, 0.6) is 0 Å². The maximum Gasteiger partial charge on any atom is 0.191 e. The molecule has 0 amide bonds. The van der Waals surface area contributed by atoms with Crippen molar-refractivity contribution in [3.05, 3.63) is 70.5 Å². The Balaban J connectivity index is 1.93. The highest BCUT2D eigenvalue weighted by molar-refractivity contribution is 5.79. The van der Waals surface area contributed by atoms with Crippen LogP contribution < -0.4 is 10.6 Å². The number of nitrogens with one attached hydrogen (secondary N) is 2. The molecular weight excluding hydrogens is 291 g/mol. The third-order valence-corrected chi connectivity index (χ3v) is 3.56. The van der Waals surface area contributed by atoms with Gasteiger partial charge >= 0.3 is 0 Å². The van der Waals surface area contributed by atoms with Crippen molar-refractivity contribution in [1.82, 2.24) is 10.6 Å². The summed E-state index contributed by atoms with van der Waals surface area (Å²) in [4.78, 5) is 4.13. The Morgan fingerprint density at radius 3 is 2.43 bits per heavy atom. The fraction of sp³-hybridized carbons (Fsp3) is 0.222. The Morgan fingerprint density at radius 2 is 1.83 bits per heavy atom. The van der Waals surface area contributed by atoms with Gasteiger partial charge in [0.15, 0.2) is 5.96 Å². The number of aryl methyl sites for hydroxylation is 1. The van der Waals surface area contributed by atoms with E-state index in [0.29, 0.717) is 30.2 Å². The zero-order valence-electron chi connectivity index (χ0n) is 13.2. The van der Waals surface area contributed by atoms with Crippen molar-refractivity contribution in [2.45, 2.75) is 20.0 Å². The summed E-state index contributed by atoms with van der Waals surface area (Å²) >= 11 is 0. The maximum atomic E-state index is 13.8. The van der Waals surface area contributed by atoms with Gasteiger partial charge in [-0.15, -0.1) is 0 Å². The van der Waals surface area contributed by atoms with Crippen molar-refractivity contribution in [2.24, 2.45) is 4.99 Å². The first-order valence-corrected chi connectivity index (χ1v) is 7.31. The number of guanidine groups is 1. The molecule has 0 saturated heterocycles. The molecule has 0 aliphatic rings. The van der Waals surface area contributed by atoms with Crippen LogP contribution >= 0.6 is 0 Å². The van der Waals surface area contributed by atoms with E-state index in [4.69, 9.17) is 5.26 Å². The van der Waals surface area contributed by atoms with Crippen molar-refractivity contribution < 1.29 is 4.39 Å². The monoisotopic (exact) mass is 310 g/mol. The standard InChI is InChI=1S/C18H19FN4/c1-13-5-3-4-6-15(13)11-22-18(21-2)23-12-16-8-7-14(10-20)9-17(16)19/h3-9H,11-12H2,1-2H3,(H2,21,22,23). The maximum absolute atomic E-state index is 13.8. The molecule has 0 atom stereocenters. The quantitative estimate of drug-likeness (QED) is 0.674. The fourth-order valence-corrected chi connectivity index (χ4v) is 2.15. The molecule has 0 aromatic heterocycles. The first-order chi connectivity index (χ1) is 11.1. The molecular formula is C18H19FN4. The van der Waals surface area contributed by atoms with E-state index in [1.165, 1.54) is 17.2 Å². The second-order valence-corrected chi connectivity index (χ2v) is 5.12. The molecule has 0 fully saturated rings. The summed E-state index contributed by atoms with van der Waals surface area (Å²) in [6.45, 7) is 2.99. The number of nitrogens with zero attached hydrogens (tertiary/aromatic N) is 2. The van der Waals surface area contributed by atoms with Crippen LogP contribution in [0.1, 0.15) is 22.3 Å². The zero-order chi connectivity index (χ0) is 16.7. The highest BCUT2D eigenvalue weighted by atomic mass is 19.1. The zero-order valence-corrected chi connectivity index (χ0v) is 13.2. The van der Waals surface area contributed by atoms with Crippen LogP contribution in [0, 0.1) is 24.1 Å². The van der Waals surface area contributed by atoms with E-state index in [1.54, 1.807) is 19.2 Å². The summed E-state index contributed by atoms with van der Waals surface area (Å²) in [5.74, 6) is 0.197. The second kappa shape index (κ2) is 7.95. The van der Waals surface area contributed by atoms with E-state index >= 15 is 0 Å². The van der Waals surface area contributed by atoms with Crippen LogP contribution in [0.3, 0.4) is 0 Å². The lowest BCUT2D eigenvalue weighted by atomic mass is 10.1. The first-order valence-electron chi connectivity index (χ1n) is 7.31. The SMILES string of the molecule is CN=C(NCc1ccccc1C)NCc1ccc(C#N)cc1F. The van der Waals surface area contributed by atoms with Gasteiger partial charge < -0.3 is 10.6 Å². The van der Waals surface area contributed by atoms with Gasteiger partial charge in [0.1, 0.15) is 5.82 Å². The van der Waals surface area contributed by atoms with E-state index in [2.05, 4.69) is 34.7 Å². The number of nitriles is 1. The molecule has 4 nitrogen and oxygen atoms in total. The second-order valence-electron chi connectivity index (χ2n) is 5.12. The van der Waals surface area contributed by atoms with Gasteiger partial charge in [-0.2, -0.15) is 5.26 Å². The fourth-order valence-electron chi connectivity index (χ4n) is 2.15. The molecule has 0 spiro atoms. The lowest BCUT2D eigenvalue weighted by molar-refractivity contribution is 0.604. The van der Waals surface area contributed by atoms with Gasteiger partial charge in [-0.25, -0.2) is 4.39 Å². The first kappa shape index (κ1) is 16.5. The highest BCUT2D eigenvalue weighted by Crippen LogP contribution is 2.10. The van der Waals surface area contributed by atoms with Gasteiger partial charge in [0, 0.05) is 25.7 Å². The summed E-state index contributed by atoms with van der Waals surface area (Å²) in [6.07, 6.45) is 0. The predicted molar refractivity (Wildman–Crippen MR) is 89.3 cm³/mol. The topological polar surface area (TPSA) is 60.2 Å². The molecule has 118 valence electrons. The summed E-state index contributed by atoms with van der Waals surface area (Å²) < 4.78 is 13.8. The van der Waals surface area contributed by atoms with Crippen molar-refractivity contribution in [2.75, 3.05) is 7.05 Å². The van der Waals surface area contributed by atoms with Crippen molar-refractivity contribution in [1.29, 1.82) is 5.26 Å². The van der Waals surface area contributed by atoms with Crippen LogP contribution in [-0.4, -0.2) is 13.0 Å². The van der Waals surface area contributed by atoms with Gasteiger partial charge in [0.25, 0.3) is 0 Å². The molecule has 2 rings (SSSR count). The van der Waals surface area contributed by atoms with Gasteiger partial charge in [0.2, 0.25) is 0 Å². The number of hydrogen-bond acceptors (Lipinski definition) is 2. The molecule has 0 aliphatic heterocycles. The number of rotatable bonds is 4. The number of benzene rings is 2. The molecule has 2 aromatic rings. The molecule has 5 heteroatoms. The summed E-state index contributed by atoms with van der Waals surface area (Å²) in [7, 11) is 1.67. The molecule has 23 heavy (non-hydrogen) atoms. The van der Waals surface area contributed by atoms with E-state index < -0.39 is 5.82 Å². The van der Waals surface area contributed by atoms with Gasteiger partial charge in [-0.3, -0.25) is 4.99 Å². The Bertz CT molecular complexity index is 747. The summed E-state index contributed by atoms with van der Waals surface area (Å²) in [5, 5.41) is 15.0. The van der Waals surface area contributed by atoms with Crippen LogP contribution in [0.2, 0.25) is 0 Å². The number of halogens is 1. The largest absolute Gasteiger partial charge is 0.352 e. The van der Waals surface area contributed by atoms with E-state index in [-0.39, 0.29) is 0 Å². The molecule has 0 saturated carbocycles. The van der Waals surface area contributed by atoms with Crippen LogP contribution in [0.4, 0.5) is 4.39 Å². The Kier molecular flexibility index (Phi) is 5.70. The molecule has 2 N–H and O–H groups in total. The Hall–Kier alpha value is -2.87. The molecule has 0 heterocycles. The average molecular weight is 310 g/mol. The third-order valence-electron chi connectivity index (χ3n) is 3.56. The number of aliphatic imine (C=N–C) groups is 1. The summed E-state index contributed by atoms with van der Waals surface area (Å²) in [5.41, 5.74) is 3.18. The molecule has 0 unspecified atom stereocenters. The minimum absolute atomic E-state index is 0.297. The lowest BCUT2D eigenvalue weighted by Crippen LogP contribution is -2.36. The highest BCUT2D eigenvalue weighted by Gasteiger charge is 2.05. The van der Waals surface area contributed by atoms with Gasteiger partial charge in [-0.05, 0) is 30.2 Å². The van der Waals surface area contributed by atoms with E-state index in [9.17, 15) is 4.39 Å². The lowest BCUT2D eigenvalue weighted by Gasteiger charge is -2.13. The van der Waals surface area contributed by atoms with Crippen LogP contribution in [0.15, 0.2) is 47.5 Å². The van der Waals surface area contributed by atoms with Crippen molar-refractivity contribution >= 4 is 5.96 Å². The van der Waals surface area contributed by atoms with E-state index in [1.807, 2.05) is 18.2 Å². The third kappa shape index (κ3) is 4.55. The molecule has 2 aromatic carbocycles. The minimum Gasteiger partial charge on any atom is -0.352 e. The normalized spacial score (nSPS) is 11.0. The average Bonchev–Trinajstić information content (AvgIpc) is 2.57. The van der Waals surface area contributed by atoms with Crippen molar-refractivity contribution in [3.63, 3.8) is 0 Å². The molecule has 0 aliphatic carbocycles. The van der Waals surface area contributed by atoms with Gasteiger partial charge in [-0.1, -0.05) is 30.3 Å². The minimum atomic E-state index is -0.397. The van der Waals surface area contributed by atoms with Crippen LogP contribution in [0.25, 0.3) is 0 Å². The summed E-state index contributed by atoms with van der Waals surface area (Å²) in [6, 6.07) is 14.5. The molecule has 0 bridgehead atoms. The van der Waals surface area contributed by atoms with Crippen molar-refractivity contribution in [3.8, 4) is 6.07 Å². The van der Waals surface area contributed by atoms with Gasteiger partial charge in [0.05, 0.1) is 11.6 Å². The Morgan fingerprint density at radius 1 is 1.13 bits per heavy atom. The number of hydrogen-bond donors (Lipinski definition) is 2.